The molecule has 1 N–H and O–H groups in total. The number of benzene rings is 2. The number of carbonyl (C=O) groups excluding carboxylic acids is 2. The lowest BCUT2D eigenvalue weighted by molar-refractivity contribution is -0.142. The summed E-state index contributed by atoms with van der Waals surface area (Å²) < 4.78 is 10.3. The molecule has 0 atom stereocenters. The molecule has 2 rings (SSSR count). The van der Waals surface area contributed by atoms with Crippen molar-refractivity contribution in [2.45, 2.75) is 13.3 Å². The van der Waals surface area contributed by atoms with E-state index >= 15 is 0 Å². The van der Waals surface area contributed by atoms with Crippen molar-refractivity contribution in [2.24, 2.45) is 0 Å². The smallest absolute Gasteiger partial charge is 0.310 e. The summed E-state index contributed by atoms with van der Waals surface area (Å²) >= 11 is 0. The highest BCUT2D eigenvalue weighted by Gasteiger charge is 2.06. The molecule has 5 heteroatoms. The normalized spacial score (nSPS) is 9.96. The van der Waals surface area contributed by atoms with E-state index in [2.05, 4.69) is 5.32 Å². The number of hydrogen-bond acceptors (Lipinski definition) is 4. The molecule has 2 aromatic carbocycles. The highest BCUT2D eigenvalue weighted by molar-refractivity contribution is 5.91. The second-order valence-electron chi connectivity index (χ2n) is 4.83. The number of anilines is 1. The first kappa shape index (κ1) is 16.5. The molecular weight excluding hydrogens is 294 g/mol. The summed E-state index contributed by atoms with van der Waals surface area (Å²) in [4.78, 5) is 23.2. The molecule has 0 saturated heterocycles. The summed E-state index contributed by atoms with van der Waals surface area (Å²) in [6.07, 6.45) is 0.221. The average Bonchev–Trinajstić information content (AvgIpc) is 2.56. The van der Waals surface area contributed by atoms with Gasteiger partial charge in [0.25, 0.3) is 5.91 Å². The Morgan fingerprint density at radius 2 is 1.70 bits per heavy atom. The highest BCUT2D eigenvalue weighted by atomic mass is 16.5. The van der Waals surface area contributed by atoms with E-state index in [1.807, 2.05) is 18.2 Å². The molecule has 0 saturated carbocycles. The van der Waals surface area contributed by atoms with E-state index < -0.39 is 0 Å². The van der Waals surface area contributed by atoms with E-state index in [-0.39, 0.29) is 24.9 Å². The van der Waals surface area contributed by atoms with Gasteiger partial charge in [-0.15, -0.1) is 0 Å². The molecule has 0 aliphatic carbocycles. The molecule has 0 bridgehead atoms. The maximum absolute atomic E-state index is 11.8. The first-order valence-corrected chi connectivity index (χ1v) is 7.39. The Balaban J connectivity index is 1.80. The van der Waals surface area contributed by atoms with Crippen LogP contribution in [0.4, 0.5) is 5.69 Å². The second-order valence-corrected chi connectivity index (χ2v) is 4.83. The monoisotopic (exact) mass is 313 g/mol. The summed E-state index contributed by atoms with van der Waals surface area (Å²) in [5.74, 6) is 0.139. The van der Waals surface area contributed by atoms with Crippen LogP contribution in [0.2, 0.25) is 0 Å². The quantitative estimate of drug-likeness (QED) is 0.798. The third kappa shape index (κ3) is 5.82. The number of hydrogen-bond donors (Lipinski definition) is 1. The van der Waals surface area contributed by atoms with Crippen LogP contribution in [0.5, 0.6) is 5.75 Å². The van der Waals surface area contributed by atoms with Gasteiger partial charge in [-0.2, -0.15) is 0 Å². The Morgan fingerprint density at radius 3 is 2.35 bits per heavy atom. The Hall–Kier alpha value is -2.82. The van der Waals surface area contributed by atoms with Crippen molar-refractivity contribution in [3.63, 3.8) is 0 Å². The molecule has 0 radical (unpaired) electrons. The zero-order valence-electron chi connectivity index (χ0n) is 13.0. The maximum atomic E-state index is 11.8. The average molecular weight is 313 g/mol. The van der Waals surface area contributed by atoms with E-state index in [4.69, 9.17) is 9.47 Å². The van der Waals surface area contributed by atoms with Crippen LogP contribution < -0.4 is 10.1 Å². The molecule has 0 spiro atoms. The number of amides is 1. The minimum Gasteiger partial charge on any atom is -0.484 e. The van der Waals surface area contributed by atoms with Gasteiger partial charge < -0.3 is 14.8 Å². The van der Waals surface area contributed by atoms with Crippen molar-refractivity contribution in [2.75, 3.05) is 18.5 Å². The number of rotatable bonds is 7. The van der Waals surface area contributed by atoms with Gasteiger partial charge in [0.15, 0.2) is 6.61 Å². The van der Waals surface area contributed by atoms with Crippen molar-refractivity contribution in [1.29, 1.82) is 0 Å². The maximum Gasteiger partial charge on any atom is 0.310 e. The van der Waals surface area contributed by atoms with Gasteiger partial charge in [0.05, 0.1) is 13.0 Å². The van der Waals surface area contributed by atoms with Gasteiger partial charge in [-0.05, 0) is 36.8 Å². The number of ether oxygens (including phenoxy) is 2. The van der Waals surface area contributed by atoms with Crippen molar-refractivity contribution in [3.8, 4) is 5.75 Å². The number of para-hydroxylation sites is 1. The van der Waals surface area contributed by atoms with Crippen molar-refractivity contribution >= 4 is 17.6 Å². The minimum atomic E-state index is -0.263. The molecule has 120 valence electrons. The third-order valence-corrected chi connectivity index (χ3v) is 3.00. The van der Waals surface area contributed by atoms with E-state index in [1.165, 1.54) is 0 Å². The van der Waals surface area contributed by atoms with Crippen LogP contribution in [0.25, 0.3) is 0 Å². The van der Waals surface area contributed by atoms with Crippen molar-refractivity contribution in [1.82, 2.24) is 0 Å². The standard InChI is InChI=1S/C18H19NO4/c1-2-22-18(21)12-14-8-10-15(11-9-14)19-17(20)13-23-16-6-4-3-5-7-16/h3-11H,2,12-13H2,1H3,(H,19,20). The first-order chi connectivity index (χ1) is 11.2. The third-order valence-electron chi connectivity index (χ3n) is 3.00. The lowest BCUT2D eigenvalue weighted by Gasteiger charge is -2.08. The number of nitrogens with one attached hydrogen (secondary N) is 1. The van der Waals surface area contributed by atoms with Crippen LogP contribution in [0, 0.1) is 0 Å². The summed E-state index contributed by atoms with van der Waals surface area (Å²) in [7, 11) is 0. The molecule has 23 heavy (non-hydrogen) atoms. The van der Waals surface area contributed by atoms with Gasteiger partial charge in [0, 0.05) is 5.69 Å². The molecule has 0 fully saturated rings. The van der Waals surface area contributed by atoms with Gasteiger partial charge >= 0.3 is 5.97 Å². The second kappa shape index (κ2) is 8.58. The molecule has 0 unspecified atom stereocenters. The predicted octanol–water partition coefficient (Wildman–Crippen LogP) is 2.81. The molecule has 1 amide bonds. The number of esters is 1. The van der Waals surface area contributed by atoms with Gasteiger partial charge in [0.1, 0.15) is 5.75 Å². The van der Waals surface area contributed by atoms with E-state index in [1.54, 1.807) is 43.3 Å². The molecule has 5 nitrogen and oxygen atoms in total. The van der Waals surface area contributed by atoms with Crippen LogP contribution >= 0.6 is 0 Å². The molecular formula is C18H19NO4. The summed E-state index contributed by atoms with van der Waals surface area (Å²) in [6, 6.07) is 16.2. The van der Waals surface area contributed by atoms with Gasteiger partial charge in [-0.1, -0.05) is 30.3 Å². The number of carbonyl (C=O) groups is 2. The summed E-state index contributed by atoms with van der Waals surface area (Å²) in [5, 5.41) is 2.74. The Kier molecular flexibility index (Phi) is 6.17. The zero-order chi connectivity index (χ0) is 16.5. The Labute approximate surface area is 135 Å². The molecule has 0 aromatic heterocycles. The van der Waals surface area contributed by atoms with Gasteiger partial charge in [-0.3, -0.25) is 9.59 Å². The lowest BCUT2D eigenvalue weighted by Crippen LogP contribution is -2.20. The van der Waals surface area contributed by atoms with Crippen LogP contribution in [0.15, 0.2) is 54.6 Å². The highest BCUT2D eigenvalue weighted by Crippen LogP contribution is 2.11. The zero-order valence-corrected chi connectivity index (χ0v) is 13.0. The Bertz CT molecular complexity index is 638. The summed E-state index contributed by atoms with van der Waals surface area (Å²) in [5.41, 5.74) is 1.49. The van der Waals surface area contributed by atoms with Crippen LogP contribution in [-0.4, -0.2) is 25.1 Å². The molecule has 0 aliphatic rings. The van der Waals surface area contributed by atoms with Crippen molar-refractivity contribution in [3.05, 3.63) is 60.2 Å². The summed E-state index contributed by atoms with van der Waals surface area (Å²) in [6.45, 7) is 2.08. The Morgan fingerprint density at radius 1 is 1.00 bits per heavy atom. The van der Waals surface area contributed by atoms with Gasteiger partial charge in [0.2, 0.25) is 0 Å². The predicted molar refractivity (Wildman–Crippen MR) is 87.3 cm³/mol. The van der Waals surface area contributed by atoms with E-state index in [9.17, 15) is 9.59 Å². The van der Waals surface area contributed by atoms with Crippen molar-refractivity contribution < 1.29 is 19.1 Å². The lowest BCUT2D eigenvalue weighted by atomic mass is 10.1. The fourth-order valence-electron chi connectivity index (χ4n) is 1.95. The van der Waals surface area contributed by atoms with E-state index in [0.717, 1.165) is 5.56 Å². The van der Waals surface area contributed by atoms with Crippen LogP contribution in [-0.2, 0) is 20.7 Å². The topological polar surface area (TPSA) is 64.6 Å². The van der Waals surface area contributed by atoms with E-state index in [0.29, 0.717) is 18.0 Å². The van der Waals surface area contributed by atoms with Crippen LogP contribution in [0.1, 0.15) is 12.5 Å². The first-order valence-electron chi connectivity index (χ1n) is 7.39. The SMILES string of the molecule is CCOC(=O)Cc1ccc(NC(=O)COc2ccccc2)cc1. The fourth-order valence-corrected chi connectivity index (χ4v) is 1.95. The molecule has 0 heterocycles. The van der Waals surface area contributed by atoms with Gasteiger partial charge in [-0.25, -0.2) is 0 Å². The minimum absolute atomic E-state index is 0.0609. The molecule has 0 aliphatic heterocycles. The van der Waals surface area contributed by atoms with Crippen LogP contribution in [0.3, 0.4) is 0 Å². The molecule has 2 aromatic rings. The fraction of sp³-hybridized carbons (Fsp3) is 0.222. The largest absolute Gasteiger partial charge is 0.484 e.